The van der Waals surface area contributed by atoms with E-state index in [4.69, 9.17) is 4.42 Å². The Bertz CT molecular complexity index is 901. The molecule has 2 N–H and O–H groups in total. The zero-order chi connectivity index (χ0) is 15.8. The van der Waals surface area contributed by atoms with Gasteiger partial charge < -0.3 is 15.1 Å². The molecule has 1 aromatic heterocycles. The first-order chi connectivity index (χ1) is 11.2. The molecule has 1 amide bonds. The Morgan fingerprint density at radius 2 is 2.04 bits per heavy atom. The Hall–Kier alpha value is -2.82. The number of amides is 1. The van der Waals surface area contributed by atoms with Crippen LogP contribution in [0.2, 0.25) is 0 Å². The van der Waals surface area contributed by atoms with Crippen LogP contribution in [0.5, 0.6) is 0 Å². The van der Waals surface area contributed by atoms with Gasteiger partial charge in [0.15, 0.2) is 0 Å². The largest absolute Gasteiger partial charge is 0.459 e. The summed E-state index contributed by atoms with van der Waals surface area (Å²) in [6, 6.07) is 12.2. The van der Waals surface area contributed by atoms with Gasteiger partial charge in [-0.1, -0.05) is 0 Å². The Labute approximate surface area is 132 Å². The molecular weight excluding hydrogens is 295 g/mol. The monoisotopic (exact) mass is 310 g/mol. The number of benzene rings is 2. The van der Waals surface area contributed by atoms with Crippen molar-refractivity contribution < 1.29 is 13.6 Å². The number of carbonyl (C=O) groups excluding carboxylic acids is 1. The van der Waals surface area contributed by atoms with Crippen LogP contribution in [0.1, 0.15) is 17.7 Å². The molecule has 1 aliphatic rings. The summed E-state index contributed by atoms with van der Waals surface area (Å²) in [6.07, 6.45) is 1.27. The van der Waals surface area contributed by atoms with E-state index in [0.29, 0.717) is 18.5 Å². The molecule has 0 saturated carbocycles. The van der Waals surface area contributed by atoms with Crippen LogP contribution < -0.4 is 10.6 Å². The number of hydrogen-bond donors (Lipinski definition) is 2. The fraction of sp³-hybridized carbons (Fsp3) is 0.167. The SMILES string of the molecule is O=C1CCc2cc(NCc3cc4cc(F)ccc4o3)ccc2N1. The molecule has 2 heterocycles. The summed E-state index contributed by atoms with van der Waals surface area (Å²) >= 11 is 0. The van der Waals surface area contributed by atoms with Gasteiger partial charge in [-0.05, 0) is 54.4 Å². The summed E-state index contributed by atoms with van der Waals surface area (Å²) in [4.78, 5) is 11.4. The van der Waals surface area contributed by atoms with Crippen molar-refractivity contribution in [2.75, 3.05) is 10.6 Å². The molecule has 0 bridgehead atoms. The lowest BCUT2D eigenvalue weighted by molar-refractivity contribution is -0.116. The summed E-state index contributed by atoms with van der Waals surface area (Å²) in [6.45, 7) is 0.515. The van der Waals surface area contributed by atoms with Crippen molar-refractivity contribution in [3.63, 3.8) is 0 Å². The lowest BCUT2D eigenvalue weighted by atomic mass is 10.0. The van der Waals surface area contributed by atoms with Crippen LogP contribution in [0, 0.1) is 5.82 Å². The average Bonchev–Trinajstić information content (AvgIpc) is 2.94. The van der Waals surface area contributed by atoms with Crippen LogP contribution in [0.3, 0.4) is 0 Å². The highest BCUT2D eigenvalue weighted by molar-refractivity contribution is 5.94. The highest BCUT2D eigenvalue weighted by atomic mass is 19.1. The first-order valence-corrected chi connectivity index (χ1v) is 7.52. The molecule has 23 heavy (non-hydrogen) atoms. The molecule has 0 fully saturated rings. The van der Waals surface area contributed by atoms with E-state index >= 15 is 0 Å². The standard InChI is InChI=1S/C18H15FN2O2/c19-13-2-5-17-12(7-13)9-15(23-17)10-20-14-3-4-16-11(8-14)1-6-18(22)21-16/h2-5,7-9,20H,1,6,10H2,(H,21,22). The van der Waals surface area contributed by atoms with Gasteiger partial charge in [0.05, 0.1) is 6.54 Å². The third kappa shape index (κ3) is 2.77. The fourth-order valence-electron chi connectivity index (χ4n) is 2.84. The van der Waals surface area contributed by atoms with Crippen molar-refractivity contribution in [1.29, 1.82) is 0 Å². The van der Waals surface area contributed by atoms with E-state index in [-0.39, 0.29) is 11.7 Å². The number of halogens is 1. The van der Waals surface area contributed by atoms with Crippen molar-refractivity contribution in [2.24, 2.45) is 0 Å². The van der Waals surface area contributed by atoms with Gasteiger partial charge in [0.25, 0.3) is 0 Å². The second-order valence-corrected chi connectivity index (χ2v) is 5.67. The molecule has 4 rings (SSSR count). The van der Waals surface area contributed by atoms with E-state index in [9.17, 15) is 9.18 Å². The molecule has 0 atom stereocenters. The lowest BCUT2D eigenvalue weighted by Crippen LogP contribution is -2.18. The maximum Gasteiger partial charge on any atom is 0.224 e. The number of rotatable bonds is 3. The molecule has 116 valence electrons. The van der Waals surface area contributed by atoms with Gasteiger partial charge >= 0.3 is 0 Å². The lowest BCUT2D eigenvalue weighted by Gasteiger charge is -2.17. The van der Waals surface area contributed by atoms with E-state index < -0.39 is 0 Å². The molecule has 5 heteroatoms. The van der Waals surface area contributed by atoms with Crippen LogP contribution >= 0.6 is 0 Å². The quantitative estimate of drug-likeness (QED) is 0.767. The van der Waals surface area contributed by atoms with E-state index in [2.05, 4.69) is 10.6 Å². The van der Waals surface area contributed by atoms with Crippen molar-refractivity contribution >= 4 is 28.3 Å². The smallest absolute Gasteiger partial charge is 0.224 e. The third-order valence-electron chi connectivity index (χ3n) is 4.00. The molecule has 4 nitrogen and oxygen atoms in total. The molecule has 0 unspecified atom stereocenters. The van der Waals surface area contributed by atoms with Gasteiger partial charge in [0.1, 0.15) is 17.2 Å². The molecule has 0 radical (unpaired) electrons. The van der Waals surface area contributed by atoms with Crippen LogP contribution in [0.25, 0.3) is 11.0 Å². The number of hydrogen-bond acceptors (Lipinski definition) is 3. The molecule has 1 aliphatic heterocycles. The van der Waals surface area contributed by atoms with Crippen LogP contribution in [-0.2, 0) is 17.8 Å². The molecule has 0 aliphatic carbocycles. The summed E-state index contributed by atoms with van der Waals surface area (Å²) in [5.74, 6) is 0.541. The number of furan rings is 1. The minimum absolute atomic E-state index is 0.0627. The first kappa shape index (κ1) is 13.8. The number of aryl methyl sites for hydroxylation is 1. The number of anilines is 2. The van der Waals surface area contributed by atoms with Gasteiger partial charge in [-0.25, -0.2) is 4.39 Å². The Morgan fingerprint density at radius 3 is 2.96 bits per heavy atom. The van der Waals surface area contributed by atoms with Gasteiger partial charge in [-0.15, -0.1) is 0 Å². The van der Waals surface area contributed by atoms with Gasteiger partial charge in [-0.3, -0.25) is 4.79 Å². The van der Waals surface area contributed by atoms with Gasteiger partial charge in [0, 0.05) is 23.2 Å². The van der Waals surface area contributed by atoms with E-state index in [1.807, 2.05) is 24.3 Å². The maximum absolute atomic E-state index is 13.2. The second-order valence-electron chi connectivity index (χ2n) is 5.67. The van der Waals surface area contributed by atoms with Crippen molar-refractivity contribution in [2.45, 2.75) is 19.4 Å². The maximum atomic E-state index is 13.2. The number of carbonyl (C=O) groups is 1. The van der Waals surface area contributed by atoms with Crippen molar-refractivity contribution in [3.8, 4) is 0 Å². The normalized spacial score (nSPS) is 13.7. The predicted octanol–water partition coefficient (Wildman–Crippen LogP) is 4.07. The third-order valence-corrected chi connectivity index (χ3v) is 4.00. The molecule has 3 aromatic rings. The van der Waals surface area contributed by atoms with Crippen LogP contribution in [0.4, 0.5) is 15.8 Å². The minimum atomic E-state index is -0.269. The van der Waals surface area contributed by atoms with Crippen LogP contribution in [-0.4, -0.2) is 5.91 Å². The Balaban J connectivity index is 1.50. The summed E-state index contributed by atoms with van der Waals surface area (Å²) in [5, 5.41) is 6.92. The first-order valence-electron chi connectivity index (χ1n) is 7.52. The number of fused-ring (bicyclic) bond motifs is 2. The van der Waals surface area contributed by atoms with Gasteiger partial charge in [0.2, 0.25) is 5.91 Å². The summed E-state index contributed by atoms with van der Waals surface area (Å²) in [5.41, 5.74) is 3.65. The topological polar surface area (TPSA) is 54.3 Å². The average molecular weight is 310 g/mol. The highest BCUT2D eigenvalue weighted by Crippen LogP contribution is 2.26. The summed E-state index contributed by atoms with van der Waals surface area (Å²) in [7, 11) is 0. The summed E-state index contributed by atoms with van der Waals surface area (Å²) < 4.78 is 18.9. The zero-order valence-corrected chi connectivity index (χ0v) is 12.4. The van der Waals surface area contributed by atoms with E-state index in [1.165, 1.54) is 12.1 Å². The van der Waals surface area contributed by atoms with Crippen molar-refractivity contribution in [1.82, 2.24) is 0 Å². The number of nitrogens with one attached hydrogen (secondary N) is 2. The Kier molecular flexibility index (Phi) is 3.26. The van der Waals surface area contributed by atoms with E-state index in [1.54, 1.807) is 6.07 Å². The molecule has 0 spiro atoms. The molecule has 0 saturated heterocycles. The predicted molar refractivity (Wildman–Crippen MR) is 86.9 cm³/mol. The highest BCUT2D eigenvalue weighted by Gasteiger charge is 2.14. The van der Waals surface area contributed by atoms with Crippen LogP contribution in [0.15, 0.2) is 46.9 Å². The van der Waals surface area contributed by atoms with Gasteiger partial charge in [-0.2, -0.15) is 0 Å². The second kappa shape index (κ2) is 5.43. The van der Waals surface area contributed by atoms with Crippen molar-refractivity contribution in [3.05, 3.63) is 59.6 Å². The van der Waals surface area contributed by atoms with E-state index in [0.717, 1.165) is 34.5 Å². The minimum Gasteiger partial charge on any atom is -0.459 e. The zero-order valence-electron chi connectivity index (χ0n) is 12.4. The molecular formula is C18H15FN2O2. The molecule has 2 aromatic carbocycles. The fourth-order valence-corrected chi connectivity index (χ4v) is 2.84. The Morgan fingerprint density at radius 1 is 1.13 bits per heavy atom.